The van der Waals surface area contributed by atoms with E-state index in [2.05, 4.69) is 4.99 Å². The van der Waals surface area contributed by atoms with Gasteiger partial charge >= 0.3 is 5.82 Å². The van der Waals surface area contributed by atoms with E-state index in [0.29, 0.717) is 0 Å². The predicted octanol–water partition coefficient (Wildman–Crippen LogP) is -0.0951. The van der Waals surface area contributed by atoms with Crippen molar-refractivity contribution in [1.29, 1.82) is 0 Å². The van der Waals surface area contributed by atoms with Crippen LogP contribution in [-0.2, 0) is 0 Å². The summed E-state index contributed by atoms with van der Waals surface area (Å²) in [7, 11) is 0. The Morgan fingerprint density at radius 3 is 2.69 bits per heavy atom. The van der Waals surface area contributed by atoms with Crippen LogP contribution in [0.3, 0.4) is 0 Å². The van der Waals surface area contributed by atoms with Crippen LogP contribution in [0.15, 0.2) is 16.9 Å². The maximum Gasteiger partial charge on any atom is 0.315 e. The zero-order valence-electron chi connectivity index (χ0n) is 7.60. The number of rotatable bonds is 4. The van der Waals surface area contributed by atoms with Crippen LogP contribution < -0.4 is 5.73 Å². The van der Waals surface area contributed by atoms with Gasteiger partial charge in [0.1, 0.15) is 0 Å². The van der Waals surface area contributed by atoms with E-state index in [-0.39, 0.29) is 6.54 Å². The third kappa shape index (κ3) is 6.95. The molecule has 0 aromatic rings. The molecular formula is C7H13N3O3. The van der Waals surface area contributed by atoms with Gasteiger partial charge in [0.15, 0.2) is 0 Å². The summed E-state index contributed by atoms with van der Waals surface area (Å²) in [5, 5.41) is 19.2. The zero-order valence-corrected chi connectivity index (χ0v) is 7.60. The van der Waals surface area contributed by atoms with E-state index in [9.17, 15) is 15.2 Å². The minimum Gasteiger partial charge on any atom is -0.389 e. The first-order valence-corrected chi connectivity index (χ1v) is 3.65. The molecule has 3 N–H and O–H groups in total. The van der Waals surface area contributed by atoms with E-state index >= 15 is 0 Å². The fourth-order valence-electron chi connectivity index (χ4n) is 0.466. The standard InChI is InChI=1S/C7H13N3O3/c1-7(2,11)5-9-4-3-6(8)10(12)13/h3-4,11H,5,8H2,1-2H3. The number of aliphatic hydroxyl groups is 1. The molecule has 0 heterocycles. The average molecular weight is 187 g/mol. The number of nitro groups is 1. The first-order chi connectivity index (χ1) is 5.83. The second kappa shape index (κ2) is 4.56. The summed E-state index contributed by atoms with van der Waals surface area (Å²) in [6.45, 7) is 3.35. The van der Waals surface area contributed by atoms with E-state index < -0.39 is 16.3 Å². The van der Waals surface area contributed by atoms with Crippen molar-refractivity contribution in [2.75, 3.05) is 6.54 Å². The summed E-state index contributed by atoms with van der Waals surface area (Å²) >= 11 is 0. The van der Waals surface area contributed by atoms with Crippen LogP contribution in [0.1, 0.15) is 13.8 Å². The predicted molar refractivity (Wildman–Crippen MR) is 48.9 cm³/mol. The number of nitrogens with two attached hydrogens (primary N) is 1. The molecule has 0 atom stereocenters. The molecule has 0 unspecified atom stereocenters. The number of hydrogen-bond donors (Lipinski definition) is 2. The smallest absolute Gasteiger partial charge is 0.315 e. The van der Waals surface area contributed by atoms with Crippen LogP contribution in [0.2, 0.25) is 0 Å². The molecule has 74 valence electrons. The Morgan fingerprint density at radius 1 is 1.77 bits per heavy atom. The van der Waals surface area contributed by atoms with Crippen molar-refractivity contribution in [3.63, 3.8) is 0 Å². The normalized spacial score (nSPS) is 13.6. The first-order valence-electron chi connectivity index (χ1n) is 3.65. The highest BCUT2D eigenvalue weighted by molar-refractivity contribution is 5.71. The summed E-state index contributed by atoms with van der Waals surface area (Å²) in [5.74, 6) is -0.473. The van der Waals surface area contributed by atoms with Crippen molar-refractivity contribution in [2.45, 2.75) is 19.4 Å². The SMILES string of the molecule is CC(C)(O)CN=CC=C(N)[N+](=O)[O-]. The molecule has 0 radical (unpaired) electrons. The summed E-state index contributed by atoms with van der Waals surface area (Å²) in [5.41, 5.74) is 4.07. The zero-order chi connectivity index (χ0) is 10.5. The van der Waals surface area contributed by atoms with Crippen LogP contribution in [0.25, 0.3) is 0 Å². The molecule has 0 saturated heterocycles. The largest absolute Gasteiger partial charge is 0.389 e. The molecule has 6 heteroatoms. The quantitative estimate of drug-likeness (QED) is 0.364. The molecule has 0 saturated carbocycles. The Hall–Kier alpha value is -1.43. The lowest BCUT2D eigenvalue weighted by molar-refractivity contribution is -0.426. The Kier molecular flexibility index (Phi) is 4.06. The molecule has 0 bridgehead atoms. The van der Waals surface area contributed by atoms with Crippen LogP contribution in [0.4, 0.5) is 0 Å². The molecule has 6 nitrogen and oxygen atoms in total. The van der Waals surface area contributed by atoms with E-state index in [1.54, 1.807) is 13.8 Å². The third-order valence-corrected chi connectivity index (χ3v) is 1.04. The maximum atomic E-state index is 9.99. The second-order valence-corrected chi connectivity index (χ2v) is 3.15. The van der Waals surface area contributed by atoms with Gasteiger partial charge in [0, 0.05) is 12.3 Å². The fourth-order valence-corrected chi connectivity index (χ4v) is 0.466. The van der Waals surface area contributed by atoms with Crippen LogP contribution >= 0.6 is 0 Å². The van der Waals surface area contributed by atoms with Gasteiger partial charge in [0.05, 0.1) is 12.1 Å². The monoisotopic (exact) mass is 187 g/mol. The van der Waals surface area contributed by atoms with Crippen molar-refractivity contribution >= 4 is 6.21 Å². The second-order valence-electron chi connectivity index (χ2n) is 3.15. The molecule has 0 aromatic heterocycles. The van der Waals surface area contributed by atoms with Crippen molar-refractivity contribution in [1.82, 2.24) is 0 Å². The lowest BCUT2D eigenvalue weighted by Crippen LogP contribution is -2.22. The number of nitrogens with zero attached hydrogens (tertiary/aromatic N) is 2. The van der Waals surface area contributed by atoms with Gasteiger partial charge < -0.3 is 15.2 Å². The van der Waals surface area contributed by atoms with Gasteiger partial charge in [0.2, 0.25) is 0 Å². The highest BCUT2D eigenvalue weighted by atomic mass is 16.6. The number of allylic oxidation sites excluding steroid dienone is 1. The fraction of sp³-hybridized carbons (Fsp3) is 0.571. The van der Waals surface area contributed by atoms with Gasteiger partial charge in [-0.1, -0.05) is 0 Å². The highest BCUT2D eigenvalue weighted by Gasteiger charge is 2.09. The molecule has 0 aliphatic rings. The summed E-state index contributed by atoms with van der Waals surface area (Å²) < 4.78 is 0. The number of aliphatic imine (C=N–C) groups is 1. The van der Waals surface area contributed by atoms with Crippen LogP contribution in [-0.4, -0.2) is 28.4 Å². The van der Waals surface area contributed by atoms with Gasteiger partial charge in [0.25, 0.3) is 0 Å². The van der Waals surface area contributed by atoms with E-state index in [1.165, 1.54) is 6.21 Å². The summed E-state index contributed by atoms with van der Waals surface area (Å²) in [4.78, 5) is 13.0. The van der Waals surface area contributed by atoms with Crippen LogP contribution in [0, 0.1) is 10.1 Å². The summed E-state index contributed by atoms with van der Waals surface area (Å²) in [6, 6.07) is 0. The molecule has 0 rings (SSSR count). The van der Waals surface area contributed by atoms with E-state index in [1.807, 2.05) is 0 Å². The van der Waals surface area contributed by atoms with Gasteiger partial charge in [-0.15, -0.1) is 0 Å². The van der Waals surface area contributed by atoms with E-state index in [0.717, 1.165) is 6.08 Å². The Labute approximate surface area is 75.9 Å². The molecule has 0 aliphatic heterocycles. The number of hydrogen-bond acceptors (Lipinski definition) is 5. The van der Waals surface area contributed by atoms with Crippen molar-refractivity contribution in [3.8, 4) is 0 Å². The lowest BCUT2D eigenvalue weighted by Gasteiger charge is -2.12. The van der Waals surface area contributed by atoms with Gasteiger partial charge in [-0.25, -0.2) is 0 Å². The molecule has 0 aromatic carbocycles. The Balaban J connectivity index is 4.02. The molecule has 0 spiro atoms. The van der Waals surface area contributed by atoms with Crippen LogP contribution in [0.5, 0.6) is 0 Å². The molecule has 0 amide bonds. The molecule has 0 fully saturated rings. The van der Waals surface area contributed by atoms with Gasteiger partial charge in [-0.2, -0.15) is 0 Å². The average Bonchev–Trinajstić information content (AvgIpc) is 1.95. The first kappa shape index (κ1) is 11.6. The van der Waals surface area contributed by atoms with E-state index in [4.69, 9.17) is 5.73 Å². The Bertz CT molecular complexity index is 240. The minimum atomic E-state index is -0.909. The topological polar surface area (TPSA) is 102 Å². The van der Waals surface area contributed by atoms with Gasteiger partial charge in [-0.3, -0.25) is 10.7 Å². The minimum absolute atomic E-state index is 0.175. The maximum absolute atomic E-state index is 9.99. The Morgan fingerprint density at radius 2 is 2.31 bits per heavy atom. The van der Waals surface area contributed by atoms with Crippen molar-refractivity contribution < 1.29 is 10.0 Å². The van der Waals surface area contributed by atoms with Gasteiger partial charge in [-0.05, 0) is 18.8 Å². The van der Waals surface area contributed by atoms with Crippen molar-refractivity contribution in [2.24, 2.45) is 10.7 Å². The molecular weight excluding hydrogens is 174 g/mol. The molecule has 0 aliphatic carbocycles. The molecule has 13 heavy (non-hydrogen) atoms. The summed E-state index contributed by atoms with van der Waals surface area (Å²) in [6.07, 6.45) is 2.28. The highest BCUT2D eigenvalue weighted by Crippen LogP contribution is 1.99. The van der Waals surface area contributed by atoms with Crippen molar-refractivity contribution in [3.05, 3.63) is 22.0 Å². The third-order valence-electron chi connectivity index (χ3n) is 1.04. The lowest BCUT2D eigenvalue weighted by atomic mass is 10.1.